The topological polar surface area (TPSA) is 62.8 Å². The Morgan fingerprint density at radius 3 is 2.67 bits per heavy atom. The van der Waals surface area contributed by atoms with Gasteiger partial charge in [-0.2, -0.15) is 0 Å². The maximum Gasteiger partial charge on any atom is 0.141 e. The lowest BCUT2D eigenvalue weighted by atomic mass is 10.1. The highest BCUT2D eigenvalue weighted by molar-refractivity contribution is 5.93. The number of unbranched alkanes of at least 4 members (excludes halogenated alkanes) is 1. The third kappa shape index (κ3) is 3.88. The van der Waals surface area contributed by atoms with Crippen LogP contribution < -0.4 is 5.73 Å². The number of hydrogen-bond acceptors (Lipinski definition) is 2. The molecule has 0 aliphatic heterocycles. The van der Waals surface area contributed by atoms with Gasteiger partial charge in [-0.25, -0.2) is 4.98 Å². The fourth-order valence-corrected chi connectivity index (χ4v) is 1.32. The summed E-state index contributed by atoms with van der Waals surface area (Å²) in [6, 6.07) is 3.78. The summed E-state index contributed by atoms with van der Waals surface area (Å²) in [5.41, 5.74) is 8.22. The summed E-state index contributed by atoms with van der Waals surface area (Å²) < 4.78 is 0. The monoisotopic (exact) mass is 227 g/mol. The number of halogens is 1. The van der Waals surface area contributed by atoms with E-state index >= 15 is 0 Å². The van der Waals surface area contributed by atoms with E-state index in [0.29, 0.717) is 5.69 Å². The summed E-state index contributed by atoms with van der Waals surface area (Å²) >= 11 is 0. The summed E-state index contributed by atoms with van der Waals surface area (Å²) in [4.78, 5) is 4.36. The Hall–Kier alpha value is -1.09. The Morgan fingerprint density at radius 1 is 1.47 bits per heavy atom. The maximum absolute atomic E-state index is 7.29. The van der Waals surface area contributed by atoms with Crippen molar-refractivity contribution in [2.24, 2.45) is 5.73 Å². The van der Waals surface area contributed by atoms with Crippen molar-refractivity contribution in [1.82, 2.24) is 4.98 Å². The minimum atomic E-state index is 0. The van der Waals surface area contributed by atoms with Gasteiger partial charge in [0.15, 0.2) is 0 Å². The van der Waals surface area contributed by atoms with Crippen molar-refractivity contribution in [3.05, 3.63) is 29.1 Å². The van der Waals surface area contributed by atoms with Gasteiger partial charge in [0.25, 0.3) is 0 Å². The summed E-state index contributed by atoms with van der Waals surface area (Å²) in [5.74, 6) is 0.0442. The molecule has 0 fully saturated rings. The van der Waals surface area contributed by atoms with Crippen LogP contribution in [-0.4, -0.2) is 10.8 Å². The van der Waals surface area contributed by atoms with Crippen LogP contribution in [0, 0.1) is 12.3 Å². The van der Waals surface area contributed by atoms with Crippen molar-refractivity contribution in [2.75, 3.05) is 0 Å². The van der Waals surface area contributed by atoms with Gasteiger partial charge in [0.2, 0.25) is 0 Å². The van der Waals surface area contributed by atoms with Crippen LogP contribution in [0.25, 0.3) is 0 Å². The molecular formula is C11H18ClN3. The normalized spacial score (nSPS) is 9.47. The Balaban J connectivity index is 0.00000196. The number of pyridine rings is 1. The molecule has 0 unspecified atom stereocenters. The minimum Gasteiger partial charge on any atom is -0.382 e. The van der Waals surface area contributed by atoms with Crippen LogP contribution in [0.5, 0.6) is 0 Å². The molecule has 0 spiro atoms. The third-order valence-electron chi connectivity index (χ3n) is 2.24. The molecule has 0 aliphatic carbocycles. The van der Waals surface area contributed by atoms with Gasteiger partial charge in [-0.3, -0.25) is 5.41 Å². The number of aromatic nitrogens is 1. The molecule has 0 aromatic carbocycles. The van der Waals surface area contributed by atoms with Gasteiger partial charge in [-0.05, 0) is 31.4 Å². The molecule has 1 rings (SSSR count). The third-order valence-corrected chi connectivity index (χ3v) is 2.24. The average molecular weight is 228 g/mol. The van der Waals surface area contributed by atoms with E-state index in [9.17, 15) is 0 Å². The van der Waals surface area contributed by atoms with E-state index in [-0.39, 0.29) is 18.2 Å². The predicted octanol–water partition coefficient (Wildman–Crippen LogP) is 2.44. The van der Waals surface area contributed by atoms with E-state index in [1.807, 2.05) is 13.0 Å². The summed E-state index contributed by atoms with van der Waals surface area (Å²) in [5, 5.41) is 7.29. The SMILES string of the molecule is CCCCc1nc(C(=N)N)ccc1C.Cl. The summed E-state index contributed by atoms with van der Waals surface area (Å²) in [7, 11) is 0. The quantitative estimate of drug-likeness (QED) is 0.613. The largest absolute Gasteiger partial charge is 0.382 e. The van der Waals surface area contributed by atoms with Crippen LogP contribution in [0.1, 0.15) is 36.7 Å². The molecule has 0 radical (unpaired) electrons. The van der Waals surface area contributed by atoms with Crippen molar-refractivity contribution in [3.63, 3.8) is 0 Å². The minimum absolute atomic E-state index is 0. The molecule has 0 aliphatic rings. The lowest BCUT2D eigenvalue weighted by Gasteiger charge is -2.06. The molecule has 84 valence electrons. The van der Waals surface area contributed by atoms with Crippen LogP contribution >= 0.6 is 12.4 Å². The second-order valence-electron chi connectivity index (χ2n) is 3.48. The maximum atomic E-state index is 7.29. The molecule has 0 atom stereocenters. The van der Waals surface area contributed by atoms with Crippen LogP contribution in [0.15, 0.2) is 12.1 Å². The zero-order valence-corrected chi connectivity index (χ0v) is 10.0. The number of hydrogen-bond donors (Lipinski definition) is 2. The van der Waals surface area contributed by atoms with Gasteiger partial charge in [0.05, 0.1) is 0 Å². The van der Waals surface area contributed by atoms with E-state index in [1.165, 1.54) is 5.56 Å². The second kappa shape index (κ2) is 6.40. The zero-order chi connectivity index (χ0) is 10.6. The molecule has 0 saturated carbocycles. The lowest BCUT2D eigenvalue weighted by Crippen LogP contribution is -2.14. The molecule has 0 saturated heterocycles. The Bertz CT molecular complexity index is 337. The number of nitrogens with two attached hydrogens (primary N) is 1. The van der Waals surface area contributed by atoms with Crippen molar-refractivity contribution in [2.45, 2.75) is 33.1 Å². The fourth-order valence-electron chi connectivity index (χ4n) is 1.32. The van der Waals surface area contributed by atoms with Gasteiger partial charge in [-0.1, -0.05) is 19.4 Å². The highest BCUT2D eigenvalue weighted by Crippen LogP contribution is 2.09. The van der Waals surface area contributed by atoms with E-state index in [2.05, 4.69) is 11.9 Å². The molecule has 3 N–H and O–H groups in total. The number of aryl methyl sites for hydroxylation is 2. The second-order valence-corrected chi connectivity index (χ2v) is 3.48. The van der Waals surface area contributed by atoms with Crippen LogP contribution in [-0.2, 0) is 6.42 Å². The van der Waals surface area contributed by atoms with E-state index in [1.54, 1.807) is 6.07 Å². The van der Waals surface area contributed by atoms with E-state index < -0.39 is 0 Å². The first-order chi connectivity index (χ1) is 6.65. The fraction of sp³-hybridized carbons (Fsp3) is 0.455. The van der Waals surface area contributed by atoms with Crippen molar-refractivity contribution in [3.8, 4) is 0 Å². The van der Waals surface area contributed by atoms with Gasteiger partial charge in [0, 0.05) is 5.69 Å². The highest BCUT2D eigenvalue weighted by Gasteiger charge is 2.03. The van der Waals surface area contributed by atoms with Crippen LogP contribution in [0.2, 0.25) is 0 Å². The Labute approximate surface area is 97.0 Å². The molecule has 1 heterocycles. The standard InChI is InChI=1S/C11H17N3.ClH/c1-3-4-5-9-8(2)6-7-10(14-9)11(12)13;/h6-7H,3-5H2,1-2H3,(H3,12,13);1H. The van der Waals surface area contributed by atoms with E-state index in [0.717, 1.165) is 25.0 Å². The number of amidine groups is 1. The van der Waals surface area contributed by atoms with Gasteiger partial charge in [-0.15, -0.1) is 12.4 Å². The Kier molecular flexibility index (Phi) is 5.94. The zero-order valence-electron chi connectivity index (χ0n) is 9.21. The Morgan fingerprint density at radius 2 is 2.13 bits per heavy atom. The molecule has 1 aromatic heterocycles. The summed E-state index contributed by atoms with van der Waals surface area (Å²) in [6.07, 6.45) is 3.27. The smallest absolute Gasteiger partial charge is 0.141 e. The molecule has 0 bridgehead atoms. The molecule has 1 aromatic rings. The first-order valence-corrected chi connectivity index (χ1v) is 4.96. The first-order valence-electron chi connectivity index (χ1n) is 4.96. The van der Waals surface area contributed by atoms with Gasteiger partial charge in [0.1, 0.15) is 11.5 Å². The summed E-state index contributed by atoms with van der Waals surface area (Å²) in [6.45, 7) is 4.20. The van der Waals surface area contributed by atoms with Crippen molar-refractivity contribution >= 4 is 18.2 Å². The average Bonchev–Trinajstić information content (AvgIpc) is 2.16. The number of rotatable bonds is 4. The number of nitrogens with zero attached hydrogens (tertiary/aromatic N) is 1. The van der Waals surface area contributed by atoms with Gasteiger partial charge >= 0.3 is 0 Å². The molecule has 4 heteroatoms. The molecule has 3 nitrogen and oxygen atoms in total. The molecule has 15 heavy (non-hydrogen) atoms. The number of nitrogens with one attached hydrogen (secondary N) is 1. The predicted molar refractivity (Wildman–Crippen MR) is 65.9 cm³/mol. The van der Waals surface area contributed by atoms with Crippen LogP contribution in [0.4, 0.5) is 0 Å². The van der Waals surface area contributed by atoms with E-state index in [4.69, 9.17) is 11.1 Å². The van der Waals surface area contributed by atoms with Crippen molar-refractivity contribution < 1.29 is 0 Å². The first kappa shape index (κ1) is 13.9. The van der Waals surface area contributed by atoms with Gasteiger partial charge < -0.3 is 5.73 Å². The molecule has 0 amide bonds. The van der Waals surface area contributed by atoms with Crippen LogP contribution in [0.3, 0.4) is 0 Å². The molecular weight excluding hydrogens is 210 g/mol. The highest BCUT2D eigenvalue weighted by atomic mass is 35.5. The van der Waals surface area contributed by atoms with Crippen molar-refractivity contribution in [1.29, 1.82) is 5.41 Å². The number of nitrogen functional groups attached to an aromatic ring is 1. The lowest BCUT2D eigenvalue weighted by molar-refractivity contribution is 0.770.